The summed E-state index contributed by atoms with van der Waals surface area (Å²) in [5.74, 6) is 0. The summed E-state index contributed by atoms with van der Waals surface area (Å²) in [7, 11) is 0. The highest BCUT2D eigenvalue weighted by Crippen LogP contribution is 2.38. The van der Waals surface area contributed by atoms with Crippen molar-refractivity contribution in [2.45, 2.75) is 13.3 Å². The molecule has 3 aromatic carbocycles. The quantitative estimate of drug-likeness (QED) is 0.503. The van der Waals surface area contributed by atoms with Crippen LogP contribution in [0.2, 0.25) is 0 Å². The summed E-state index contributed by atoms with van der Waals surface area (Å²) >= 11 is 3.65. The van der Waals surface area contributed by atoms with E-state index in [1.807, 2.05) is 0 Å². The first-order valence-corrected chi connectivity index (χ1v) is 7.99. The molecule has 4 rings (SSSR count). The number of hydrogen-bond donors (Lipinski definition) is 0. The molecule has 3 aromatic rings. The molecule has 0 spiro atoms. The van der Waals surface area contributed by atoms with E-state index in [2.05, 4.69) is 83.5 Å². The van der Waals surface area contributed by atoms with Gasteiger partial charge in [-0.25, -0.2) is 0 Å². The summed E-state index contributed by atoms with van der Waals surface area (Å²) in [6.07, 6.45) is 3.28. The largest absolute Gasteiger partial charge is 0.0616 e. The number of rotatable bonds is 1. The van der Waals surface area contributed by atoms with E-state index >= 15 is 0 Å². The number of halogens is 1. The Labute approximate surface area is 133 Å². The fourth-order valence-corrected chi connectivity index (χ4v) is 3.74. The molecule has 0 heterocycles. The standard InChI is InChI=1S/C20H15Br/c1-13-6-7-16-11-18(21)12-19(16)20(13)17-9-8-14-4-2-3-5-15(14)10-17/h2-10,12H,11H2,1H3. The molecule has 21 heavy (non-hydrogen) atoms. The summed E-state index contributed by atoms with van der Waals surface area (Å²) < 4.78 is 1.27. The third kappa shape index (κ3) is 2.13. The van der Waals surface area contributed by atoms with E-state index in [0.29, 0.717) is 0 Å². The van der Waals surface area contributed by atoms with E-state index < -0.39 is 0 Å². The molecule has 0 saturated carbocycles. The highest BCUT2D eigenvalue weighted by Gasteiger charge is 2.17. The van der Waals surface area contributed by atoms with E-state index in [9.17, 15) is 0 Å². The van der Waals surface area contributed by atoms with Crippen LogP contribution < -0.4 is 0 Å². The minimum Gasteiger partial charge on any atom is -0.0616 e. The van der Waals surface area contributed by atoms with Gasteiger partial charge in [0.25, 0.3) is 0 Å². The third-order valence-electron chi connectivity index (χ3n) is 4.24. The zero-order valence-corrected chi connectivity index (χ0v) is 13.4. The first-order chi connectivity index (χ1) is 10.2. The minimum absolute atomic E-state index is 1.01. The van der Waals surface area contributed by atoms with Gasteiger partial charge in [0.15, 0.2) is 0 Å². The maximum absolute atomic E-state index is 3.65. The summed E-state index contributed by atoms with van der Waals surface area (Å²) in [4.78, 5) is 0. The van der Waals surface area contributed by atoms with E-state index in [4.69, 9.17) is 0 Å². The Morgan fingerprint density at radius 1 is 0.905 bits per heavy atom. The van der Waals surface area contributed by atoms with Gasteiger partial charge in [-0.05, 0) is 57.7 Å². The van der Waals surface area contributed by atoms with Gasteiger partial charge in [0, 0.05) is 10.9 Å². The van der Waals surface area contributed by atoms with Gasteiger partial charge < -0.3 is 0 Å². The molecule has 1 aliphatic rings. The Morgan fingerprint density at radius 2 is 1.71 bits per heavy atom. The molecule has 1 heteroatoms. The molecule has 0 radical (unpaired) electrons. The summed E-state index contributed by atoms with van der Waals surface area (Å²) in [6.45, 7) is 2.20. The normalized spacial score (nSPS) is 13.3. The zero-order valence-electron chi connectivity index (χ0n) is 11.9. The number of allylic oxidation sites excluding steroid dienone is 1. The van der Waals surface area contributed by atoms with Crippen LogP contribution in [0.3, 0.4) is 0 Å². The number of benzene rings is 3. The van der Waals surface area contributed by atoms with Gasteiger partial charge in [-0.15, -0.1) is 0 Å². The average molecular weight is 335 g/mol. The van der Waals surface area contributed by atoms with Crippen molar-refractivity contribution in [3.63, 3.8) is 0 Å². The van der Waals surface area contributed by atoms with Crippen LogP contribution in [0.1, 0.15) is 16.7 Å². The maximum Gasteiger partial charge on any atom is 0.00470 e. The Morgan fingerprint density at radius 3 is 2.57 bits per heavy atom. The smallest absolute Gasteiger partial charge is 0.00470 e. The van der Waals surface area contributed by atoms with Gasteiger partial charge in [0.1, 0.15) is 0 Å². The van der Waals surface area contributed by atoms with Crippen molar-refractivity contribution in [3.8, 4) is 11.1 Å². The molecule has 0 saturated heterocycles. The second-order valence-electron chi connectivity index (χ2n) is 5.66. The molecule has 102 valence electrons. The van der Waals surface area contributed by atoms with Crippen LogP contribution in [-0.4, -0.2) is 0 Å². The lowest BCUT2D eigenvalue weighted by Crippen LogP contribution is -1.91. The number of aryl methyl sites for hydroxylation is 1. The average Bonchev–Trinajstić information content (AvgIpc) is 2.87. The Hall–Kier alpha value is -1.86. The van der Waals surface area contributed by atoms with Crippen molar-refractivity contribution in [1.82, 2.24) is 0 Å². The monoisotopic (exact) mass is 334 g/mol. The van der Waals surface area contributed by atoms with Crippen molar-refractivity contribution in [2.24, 2.45) is 0 Å². The fourth-order valence-electron chi connectivity index (χ4n) is 3.21. The Kier molecular flexibility index (Phi) is 2.97. The van der Waals surface area contributed by atoms with Gasteiger partial charge in [-0.3, -0.25) is 0 Å². The van der Waals surface area contributed by atoms with Gasteiger partial charge in [-0.1, -0.05) is 64.5 Å². The van der Waals surface area contributed by atoms with E-state index in [-0.39, 0.29) is 0 Å². The molecule has 0 aliphatic heterocycles. The highest BCUT2D eigenvalue weighted by molar-refractivity contribution is 9.11. The second kappa shape index (κ2) is 4.85. The molecule has 1 aliphatic carbocycles. The lowest BCUT2D eigenvalue weighted by molar-refractivity contribution is 1.28. The Balaban J connectivity index is 1.99. The molecule has 0 fully saturated rings. The molecule has 0 N–H and O–H groups in total. The lowest BCUT2D eigenvalue weighted by Gasteiger charge is -2.12. The lowest BCUT2D eigenvalue weighted by atomic mass is 9.91. The Bertz CT molecular complexity index is 887. The van der Waals surface area contributed by atoms with Crippen molar-refractivity contribution in [1.29, 1.82) is 0 Å². The van der Waals surface area contributed by atoms with Crippen molar-refractivity contribution < 1.29 is 0 Å². The van der Waals surface area contributed by atoms with Crippen LogP contribution in [0.4, 0.5) is 0 Å². The molecular formula is C20H15Br. The van der Waals surface area contributed by atoms with Crippen LogP contribution in [0.25, 0.3) is 28.0 Å². The first kappa shape index (κ1) is 12.8. The SMILES string of the molecule is Cc1ccc2c(c1-c1ccc3ccccc3c1)C=C(Br)C2. The van der Waals surface area contributed by atoms with Crippen molar-refractivity contribution in [3.05, 3.63) is 75.8 Å². The van der Waals surface area contributed by atoms with E-state index in [1.54, 1.807) is 0 Å². The third-order valence-corrected chi connectivity index (χ3v) is 4.75. The minimum atomic E-state index is 1.01. The molecule has 0 amide bonds. The molecular weight excluding hydrogens is 320 g/mol. The van der Waals surface area contributed by atoms with Gasteiger partial charge in [-0.2, -0.15) is 0 Å². The van der Waals surface area contributed by atoms with Crippen LogP contribution in [0.15, 0.2) is 59.1 Å². The maximum atomic E-state index is 3.65. The summed E-state index contributed by atoms with van der Waals surface area (Å²) in [5.41, 5.74) is 6.80. The van der Waals surface area contributed by atoms with Crippen LogP contribution in [0, 0.1) is 6.92 Å². The molecule has 0 aromatic heterocycles. The summed E-state index contributed by atoms with van der Waals surface area (Å²) in [6, 6.07) is 19.8. The van der Waals surface area contributed by atoms with Gasteiger partial charge >= 0.3 is 0 Å². The molecule has 0 unspecified atom stereocenters. The first-order valence-electron chi connectivity index (χ1n) is 7.20. The topological polar surface area (TPSA) is 0 Å². The van der Waals surface area contributed by atoms with Crippen molar-refractivity contribution >= 4 is 32.8 Å². The number of hydrogen-bond acceptors (Lipinski definition) is 0. The van der Waals surface area contributed by atoms with Gasteiger partial charge in [0.05, 0.1) is 0 Å². The van der Waals surface area contributed by atoms with Crippen molar-refractivity contribution in [2.75, 3.05) is 0 Å². The van der Waals surface area contributed by atoms with Crippen LogP contribution in [-0.2, 0) is 6.42 Å². The molecule has 0 atom stereocenters. The van der Waals surface area contributed by atoms with E-state index in [1.165, 1.54) is 43.1 Å². The molecule has 0 nitrogen and oxygen atoms in total. The zero-order chi connectivity index (χ0) is 14.4. The second-order valence-corrected chi connectivity index (χ2v) is 6.68. The predicted molar refractivity (Wildman–Crippen MR) is 94.7 cm³/mol. The fraction of sp³-hybridized carbons (Fsp3) is 0.100. The predicted octanol–water partition coefficient (Wildman–Crippen LogP) is 6.11. The highest BCUT2D eigenvalue weighted by atomic mass is 79.9. The van der Waals surface area contributed by atoms with Gasteiger partial charge in [0.2, 0.25) is 0 Å². The number of fused-ring (bicyclic) bond motifs is 2. The van der Waals surface area contributed by atoms with Crippen LogP contribution in [0.5, 0.6) is 0 Å². The van der Waals surface area contributed by atoms with Crippen LogP contribution >= 0.6 is 15.9 Å². The molecule has 0 bridgehead atoms. The summed E-state index contributed by atoms with van der Waals surface area (Å²) in [5, 5.41) is 2.59. The van der Waals surface area contributed by atoms with E-state index in [0.717, 1.165) is 6.42 Å².